The zero-order valence-electron chi connectivity index (χ0n) is 17.4. The Morgan fingerprint density at radius 2 is 1.81 bits per heavy atom. The number of hydrogen-bond donors (Lipinski definition) is 2. The Morgan fingerprint density at radius 3 is 2.50 bits per heavy atom. The number of nitrogens with one attached hydrogen (secondary N) is 2. The van der Waals surface area contributed by atoms with Crippen LogP contribution in [0.1, 0.15) is 48.2 Å². The van der Waals surface area contributed by atoms with E-state index in [1.807, 2.05) is 6.07 Å². The van der Waals surface area contributed by atoms with E-state index in [9.17, 15) is 18.0 Å². The summed E-state index contributed by atoms with van der Waals surface area (Å²) in [6.45, 7) is -0.570. The van der Waals surface area contributed by atoms with Gasteiger partial charge in [0.25, 0.3) is 12.3 Å². The third-order valence-corrected chi connectivity index (χ3v) is 5.61. The first-order valence-corrected chi connectivity index (χ1v) is 10.7. The van der Waals surface area contributed by atoms with Crippen LogP contribution in [-0.4, -0.2) is 40.7 Å². The minimum absolute atomic E-state index is 0.00838. The number of fused-ring (bicyclic) bond motifs is 1. The molecule has 170 valence electrons. The number of benzene rings is 1. The van der Waals surface area contributed by atoms with Gasteiger partial charge in [0, 0.05) is 23.8 Å². The van der Waals surface area contributed by atoms with Crippen molar-refractivity contribution < 1.29 is 22.7 Å². The van der Waals surface area contributed by atoms with Crippen LogP contribution in [0.4, 0.5) is 19.0 Å². The molecule has 0 spiro atoms. The first kappa shape index (κ1) is 22.0. The van der Waals surface area contributed by atoms with Crippen LogP contribution in [0.3, 0.4) is 0 Å². The van der Waals surface area contributed by atoms with Gasteiger partial charge in [-0.3, -0.25) is 9.20 Å². The Bertz CT molecular complexity index is 1050. The van der Waals surface area contributed by atoms with Gasteiger partial charge in [-0.05, 0) is 62.1 Å². The van der Waals surface area contributed by atoms with Crippen LogP contribution >= 0.6 is 0 Å². The summed E-state index contributed by atoms with van der Waals surface area (Å²) in [6, 6.07) is 12.2. The highest BCUT2D eigenvalue weighted by atomic mass is 19.3. The minimum atomic E-state index is -2.61. The molecule has 0 atom stereocenters. The lowest BCUT2D eigenvalue weighted by molar-refractivity contribution is 0.0926. The number of hydrogen-bond acceptors (Lipinski definition) is 4. The van der Waals surface area contributed by atoms with Crippen LogP contribution in [0, 0.1) is 0 Å². The maximum Gasteiger partial charge on any atom is 0.281 e. The van der Waals surface area contributed by atoms with Gasteiger partial charge in [-0.15, -0.1) is 0 Å². The fraction of sp³-hybridized carbons (Fsp3) is 0.391. The van der Waals surface area contributed by atoms with Crippen molar-refractivity contribution in [1.82, 2.24) is 14.7 Å². The van der Waals surface area contributed by atoms with Crippen molar-refractivity contribution in [2.45, 2.75) is 44.2 Å². The molecule has 0 bridgehead atoms. The number of rotatable bonds is 8. The number of halogens is 3. The Kier molecular flexibility index (Phi) is 6.82. The van der Waals surface area contributed by atoms with E-state index in [1.54, 1.807) is 40.8 Å². The number of imidazole rings is 1. The van der Waals surface area contributed by atoms with Crippen LogP contribution in [0.15, 0.2) is 48.7 Å². The van der Waals surface area contributed by atoms with E-state index in [0.29, 0.717) is 17.0 Å². The molecule has 9 heteroatoms. The largest absolute Gasteiger partial charge is 0.491 e. The first-order chi connectivity index (χ1) is 15.5. The van der Waals surface area contributed by atoms with E-state index in [1.165, 1.54) is 6.20 Å². The molecular weight excluding hydrogens is 421 g/mol. The zero-order valence-corrected chi connectivity index (χ0v) is 17.4. The molecule has 1 aliphatic carbocycles. The Morgan fingerprint density at radius 1 is 1.09 bits per heavy atom. The lowest BCUT2D eigenvalue weighted by atomic mass is 9.91. The molecule has 2 aromatic heterocycles. The average Bonchev–Trinajstić information content (AvgIpc) is 3.25. The average molecular weight is 446 g/mol. The summed E-state index contributed by atoms with van der Waals surface area (Å²) in [5.74, 6) is 1.10. The second-order valence-electron chi connectivity index (χ2n) is 7.83. The highest BCUT2D eigenvalue weighted by Gasteiger charge is 2.23. The van der Waals surface area contributed by atoms with Gasteiger partial charge in [-0.25, -0.2) is 18.2 Å². The molecule has 4 rings (SSSR count). The van der Waals surface area contributed by atoms with Crippen LogP contribution < -0.4 is 15.4 Å². The summed E-state index contributed by atoms with van der Waals surface area (Å²) in [5.41, 5.74) is 0.763. The fourth-order valence-electron chi connectivity index (χ4n) is 3.97. The molecule has 1 aromatic carbocycles. The number of ether oxygens (including phenoxy) is 1. The number of amides is 1. The number of carbonyl (C=O) groups is 1. The smallest absolute Gasteiger partial charge is 0.281 e. The maximum absolute atomic E-state index is 13.0. The summed E-state index contributed by atoms with van der Waals surface area (Å²) < 4.78 is 45.0. The van der Waals surface area contributed by atoms with Crippen LogP contribution in [0.2, 0.25) is 0 Å². The van der Waals surface area contributed by atoms with Crippen molar-refractivity contribution in [2.24, 2.45) is 0 Å². The molecule has 1 aliphatic rings. The molecule has 2 N–H and O–H groups in total. The van der Waals surface area contributed by atoms with Gasteiger partial charge in [0.1, 0.15) is 36.2 Å². The van der Waals surface area contributed by atoms with Gasteiger partial charge in [0.05, 0.1) is 0 Å². The zero-order chi connectivity index (χ0) is 22.5. The Balaban J connectivity index is 1.30. The Labute approximate surface area is 183 Å². The van der Waals surface area contributed by atoms with Gasteiger partial charge < -0.3 is 15.4 Å². The van der Waals surface area contributed by atoms with Crippen molar-refractivity contribution >= 4 is 17.4 Å². The highest BCUT2D eigenvalue weighted by Crippen LogP contribution is 2.25. The van der Waals surface area contributed by atoms with Crippen LogP contribution in [-0.2, 0) is 0 Å². The van der Waals surface area contributed by atoms with Gasteiger partial charge in [-0.1, -0.05) is 6.07 Å². The highest BCUT2D eigenvalue weighted by molar-refractivity contribution is 5.94. The number of carbonyl (C=O) groups excluding carboxylic acids is 1. The van der Waals surface area contributed by atoms with Crippen molar-refractivity contribution in [3.8, 4) is 5.75 Å². The van der Waals surface area contributed by atoms with E-state index < -0.39 is 13.1 Å². The number of nitrogens with zero attached hydrogens (tertiary/aromatic N) is 2. The molecule has 3 aromatic rings. The van der Waals surface area contributed by atoms with Crippen LogP contribution in [0.25, 0.3) is 5.65 Å². The SMILES string of the molecule is O=C(N[C@H]1CC[C@@H](Nc2cccc3nc(C(F)F)cn23)CC1)c1ccc(OCCF)cc1. The molecule has 1 amide bonds. The molecule has 0 aliphatic heterocycles. The third kappa shape index (κ3) is 5.15. The monoisotopic (exact) mass is 446 g/mol. The number of alkyl halides is 3. The van der Waals surface area contributed by atoms with Gasteiger partial charge >= 0.3 is 0 Å². The lowest BCUT2D eigenvalue weighted by Crippen LogP contribution is -2.40. The van der Waals surface area contributed by atoms with Crippen molar-refractivity contribution in [3.05, 3.63) is 59.9 Å². The Hall–Kier alpha value is -3.23. The molecule has 1 saturated carbocycles. The maximum atomic E-state index is 13.0. The van der Waals surface area contributed by atoms with E-state index in [0.717, 1.165) is 31.5 Å². The second kappa shape index (κ2) is 9.93. The van der Waals surface area contributed by atoms with Crippen LogP contribution in [0.5, 0.6) is 5.75 Å². The molecule has 0 radical (unpaired) electrons. The molecule has 0 saturated heterocycles. The van der Waals surface area contributed by atoms with E-state index in [2.05, 4.69) is 15.6 Å². The minimum Gasteiger partial charge on any atom is -0.491 e. The molecule has 6 nitrogen and oxygen atoms in total. The molecule has 2 heterocycles. The van der Waals surface area contributed by atoms with E-state index >= 15 is 0 Å². The van der Waals surface area contributed by atoms with E-state index in [4.69, 9.17) is 4.74 Å². The summed E-state index contributed by atoms with van der Waals surface area (Å²) in [6.07, 6.45) is 2.05. The fourth-order valence-corrected chi connectivity index (χ4v) is 3.97. The molecule has 32 heavy (non-hydrogen) atoms. The summed E-state index contributed by atoms with van der Waals surface area (Å²) in [7, 11) is 0. The van der Waals surface area contributed by atoms with Crippen molar-refractivity contribution in [1.29, 1.82) is 0 Å². The number of aromatic nitrogens is 2. The second-order valence-corrected chi connectivity index (χ2v) is 7.83. The molecule has 0 unspecified atom stereocenters. The number of pyridine rings is 1. The van der Waals surface area contributed by atoms with Gasteiger partial charge in [0.15, 0.2) is 0 Å². The molecular formula is C23H25F3N4O2. The van der Waals surface area contributed by atoms with Gasteiger partial charge in [-0.2, -0.15) is 0 Å². The molecule has 1 fully saturated rings. The lowest BCUT2D eigenvalue weighted by Gasteiger charge is -2.30. The summed E-state index contributed by atoms with van der Waals surface area (Å²) >= 11 is 0. The quantitative estimate of drug-likeness (QED) is 0.523. The first-order valence-electron chi connectivity index (χ1n) is 10.7. The van der Waals surface area contributed by atoms with Crippen molar-refractivity contribution in [2.75, 3.05) is 18.6 Å². The van der Waals surface area contributed by atoms with E-state index in [-0.39, 0.29) is 30.3 Å². The standard InChI is InChI=1S/C23H25F3N4O2/c24-12-13-32-18-10-4-15(5-11-18)23(31)28-17-8-6-16(7-9-17)27-20-2-1-3-21-29-19(22(25)26)14-30(20)21/h1-5,10-11,14,16-17,22,27H,6-9,12-13H2,(H,28,31)/t16-,17+. The third-order valence-electron chi connectivity index (χ3n) is 5.61. The topological polar surface area (TPSA) is 67.7 Å². The predicted octanol–water partition coefficient (Wildman–Crippen LogP) is 4.77. The summed E-state index contributed by atoms with van der Waals surface area (Å²) in [5, 5.41) is 6.49. The van der Waals surface area contributed by atoms with Gasteiger partial charge in [0.2, 0.25) is 0 Å². The summed E-state index contributed by atoms with van der Waals surface area (Å²) in [4.78, 5) is 16.5. The predicted molar refractivity (Wildman–Crippen MR) is 115 cm³/mol. The number of anilines is 1. The normalized spacial score (nSPS) is 18.6. The van der Waals surface area contributed by atoms with Crippen molar-refractivity contribution in [3.63, 3.8) is 0 Å².